The molecule has 0 radical (unpaired) electrons. The molecule has 0 heterocycles. The minimum atomic E-state index is 1.10. The summed E-state index contributed by atoms with van der Waals surface area (Å²) >= 11 is 0. The van der Waals surface area contributed by atoms with Gasteiger partial charge in [-0.1, -0.05) is 72.8 Å². The van der Waals surface area contributed by atoms with Gasteiger partial charge in [0.25, 0.3) is 0 Å². The molecule has 4 aromatic carbocycles. The summed E-state index contributed by atoms with van der Waals surface area (Å²) in [5, 5.41) is 3.55. The third-order valence-corrected chi connectivity index (χ3v) is 6.01. The number of benzene rings is 4. The van der Waals surface area contributed by atoms with E-state index >= 15 is 0 Å². The van der Waals surface area contributed by atoms with Crippen molar-refractivity contribution >= 4 is 23.0 Å². The van der Waals surface area contributed by atoms with E-state index in [0.29, 0.717) is 0 Å². The zero-order valence-corrected chi connectivity index (χ0v) is 18.7. The molecule has 0 atom stereocenters. The molecule has 0 bridgehead atoms. The molecular weight excluding hydrogens is 374 g/mol. The zero-order valence-electron chi connectivity index (χ0n) is 18.7. The van der Waals surface area contributed by atoms with Gasteiger partial charge in [-0.05, 0) is 96.5 Å². The Morgan fingerprint density at radius 1 is 0.613 bits per heavy atom. The highest BCUT2D eigenvalue weighted by Gasteiger charge is 2.07. The van der Waals surface area contributed by atoms with Crippen LogP contribution in [0.1, 0.15) is 38.9 Å². The topological polar surface area (TPSA) is 12.0 Å². The van der Waals surface area contributed by atoms with Gasteiger partial charge in [-0.3, -0.25) is 0 Å². The normalized spacial score (nSPS) is 11.4. The SMILES string of the molecule is Cc1ccc(C(=Cc2ccc(Nc3cccc(C)c3C)cc2)c2ccccc2)cc1C. The summed E-state index contributed by atoms with van der Waals surface area (Å²) in [6.07, 6.45) is 2.28. The van der Waals surface area contributed by atoms with E-state index in [2.05, 4.69) is 130 Å². The van der Waals surface area contributed by atoms with Crippen LogP contribution >= 0.6 is 0 Å². The molecule has 4 aromatic rings. The summed E-state index contributed by atoms with van der Waals surface area (Å²) < 4.78 is 0. The van der Waals surface area contributed by atoms with Gasteiger partial charge >= 0.3 is 0 Å². The molecule has 0 aromatic heterocycles. The van der Waals surface area contributed by atoms with E-state index in [1.807, 2.05) is 0 Å². The van der Waals surface area contributed by atoms with Crippen LogP contribution in [0, 0.1) is 27.7 Å². The maximum absolute atomic E-state index is 3.55. The number of nitrogens with one attached hydrogen (secondary N) is 1. The van der Waals surface area contributed by atoms with E-state index in [4.69, 9.17) is 0 Å². The number of aryl methyl sites for hydroxylation is 3. The Balaban J connectivity index is 1.67. The third-order valence-electron chi connectivity index (χ3n) is 6.01. The van der Waals surface area contributed by atoms with Gasteiger partial charge in [0.1, 0.15) is 0 Å². The fourth-order valence-corrected chi connectivity index (χ4v) is 3.73. The van der Waals surface area contributed by atoms with Crippen LogP contribution < -0.4 is 5.32 Å². The van der Waals surface area contributed by atoms with Crippen LogP contribution in [0.4, 0.5) is 11.4 Å². The lowest BCUT2D eigenvalue weighted by molar-refractivity contribution is 1.33. The molecule has 0 unspecified atom stereocenters. The van der Waals surface area contributed by atoms with Gasteiger partial charge in [0, 0.05) is 11.4 Å². The molecule has 0 aliphatic rings. The van der Waals surface area contributed by atoms with Gasteiger partial charge in [-0.15, -0.1) is 0 Å². The van der Waals surface area contributed by atoms with Crippen molar-refractivity contribution in [2.75, 3.05) is 5.32 Å². The van der Waals surface area contributed by atoms with Crippen molar-refractivity contribution in [2.24, 2.45) is 0 Å². The van der Waals surface area contributed by atoms with Crippen molar-refractivity contribution < 1.29 is 0 Å². The molecule has 4 rings (SSSR count). The van der Waals surface area contributed by atoms with Crippen LogP contribution in [0.3, 0.4) is 0 Å². The molecule has 1 N–H and O–H groups in total. The molecule has 1 nitrogen and oxygen atoms in total. The lowest BCUT2D eigenvalue weighted by atomic mass is 9.93. The Labute approximate surface area is 186 Å². The van der Waals surface area contributed by atoms with Crippen LogP contribution in [0.2, 0.25) is 0 Å². The highest BCUT2D eigenvalue weighted by molar-refractivity contribution is 5.91. The molecule has 31 heavy (non-hydrogen) atoms. The summed E-state index contributed by atoms with van der Waals surface area (Å²) in [5.74, 6) is 0. The summed E-state index contributed by atoms with van der Waals surface area (Å²) in [4.78, 5) is 0. The van der Waals surface area contributed by atoms with Crippen molar-refractivity contribution in [1.82, 2.24) is 0 Å². The van der Waals surface area contributed by atoms with E-state index in [9.17, 15) is 0 Å². The van der Waals surface area contributed by atoms with Crippen LogP contribution in [0.5, 0.6) is 0 Å². The Morgan fingerprint density at radius 3 is 2.06 bits per heavy atom. The predicted octanol–water partition coefficient (Wildman–Crippen LogP) is 8.25. The summed E-state index contributed by atoms with van der Waals surface area (Å²) in [5.41, 5.74) is 12.3. The van der Waals surface area contributed by atoms with E-state index < -0.39 is 0 Å². The fourth-order valence-electron chi connectivity index (χ4n) is 3.73. The van der Waals surface area contributed by atoms with Crippen molar-refractivity contribution in [3.63, 3.8) is 0 Å². The first kappa shape index (κ1) is 20.7. The standard InChI is InChI=1S/C30H29N/c1-21-13-16-27(19-23(21)3)29(26-10-6-5-7-11-26)20-25-14-17-28(18-15-25)31-30-12-8-9-22(2)24(30)4/h5-20,31H,1-4H3. The second-order valence-electron chi connectivity index (χ2n) is 8.22. The first-order valence-corrected chi connectivity index (χ1v) is 10.8. The number of hydrogen-bond donors (Lipinski definition) is 1. The first-order valence-electron chi connectivity index (χ1n) is 10.8. The van der Waals surface area contributed by atoms with E-state index in [1.165, 1.54) is 44.5 Å². The highest BCUT2D eigenvalue weighted by atomic mass is 14.9. The van der Waals surface area contributed by atoms with E-state index in [1.54, 1.807) is 0 Å². The van der Waals surface area contributed by atoms with Crippen molar-refractivity contribution in [1.29, 1.82) is 0 Å². The summed E-state index contributed by atoms with van der Waals surface area (Å²) in [6, 6.07) is 32.4. The highest BCUT2D eigenvalue weighted by Crippen LogP contribution is 2.29. The molecule has 0 aliphatic carbocycles. The monoisotopic (exact) mass is 403 g/mol. The number of hydrogen-bond acceptors (Lipinski definition) is 1. The zero-order chi connectivity index (χ0) is 21.8. The van der Waals surface area contributed by atoms with Crippen LogP contribution in [-0.2, 0) is 0 Å². The average molecular weight is 404 g/mol. The van der Waals surface area contributed by atoms with Gasteiger partial charge in [0.05, 0.1) is 0 Å². The second kappa shape index (κ2) is 9.06. The van der Waals surface area contributed by atoms with Gasteiger partial charge in [-0.2, -0.15) is 0 Å². The molecule has 154 valence electrons. The maximum atomic E-state index is 3.55. The van der Waals surface area contributed by atoms with Crippen molar-refractivity contribution in [3.05, 3.63) is 130 Å². The van der Waals surface area contributed by atoms with Crippen molar-refractivity contribution in [3.8, 4) is 0 Å². The molecule has 0 aliphatic heterocycles. The minimum Gasteiger partial charge on any atom is -0.355 e. The summed E-state index contributed by atoms with van der Waals surface area (Å²) in [6.45, 7) is 8.64. The maximum Gasteiger partial charge on any atom is 0.0416 e. The minimum absolute atomic E-state index is 1.10. The van der Waals surface area contributed by atoms with E-state index in [-0.39, 0.29) is 0 Å². The Kier molecular flexibility index (Phi) is 6.04. The fraction of sp³-hybridized carbons (Fsp3) is 0.133. The Hall–Kier alpha value is -3.58. The average Bonchev–Trinajstić information content (AvgIpc) is 2.79. The molecule has 1 heteroatoms. The van der Waals surface area contributed by atoms with E-state index in [0.717, 1.165) is 11.4 Å². The lowest BCUT2D eigenvalue weighted by Crippen LogP contribution is -1.95. The first-order chi connectivity index (χ1) is 15.0. The van der Waals surface area contributed by atoms with Gasteiger partial charge in [0.2, 0.25) is 0 Å². The van der Waals surface area contributed by atoms with Gasteiger partial charge in [0.15, 0.2) is 0 Å². The Bertz CT molecular complexity index is 1220. The molecule has 0 saturated carbocycles. The summed E-state index contributed by atoms with van der Waals surface area (Å²) in [7, 11) is 0. The van der Waals surface area contributed by atoms with Crippen molar-refractivity contribution in [2.45, 2.75) is 27.7 Å². The Morgan fingerprint density at radius 2 is 1.35 bits per heavy atom. The van der Waals surface area contributed by atoms with Crippen LogP contribution in [-0.4, -0.2) is 0 Å². The number of rotatable bonds is 5. The quantitative estimate of drug-likeness (QED) is 0.331. The van der Waals surface area contributed by atoms with Crippen LogP contribution in [0.15, 0.2) is 91.0 Å². The van der Waals surface area contributed by atoms with Gasteiger partial charge in [-0.25, -0.2) is 0 Å². The molecule has 0 fully saturated rings. The van der Waals surface area contributed by atoms with Crippen LogP contribution in [0.25, 0.3) is 11.6 Å². The smallest absolute Gasteiger partial charge is 0.0416 e. The molecule has 0 saturated heterocycles. The second-order valence-corrected chi connectivity index (χ2v) is 8.22. The lowest BCUT2D eigenvalue weighted by Gasteiger charge is -2.13. The third kappa shape index (κ3) is 4.78. The van der Waals surface area contributed by atoms with Gasteiger partial charge < -0.3 is 5.32 Å². The molecular formula is C30H29N. The molecule has 0 amide bonds. The largest absolute Gasteiger partial charge is 0.355 e. The molecule has 0 spiro atoms. The number of anilines is 2. The predicted molar refractivity (Wildman–Crippen MR) is 135 cm³/mol.